The van der Waals surface area contributed by atoms with E-state index in [-0.39, 0.29) is 0 Å². The summed E-state index contributed by atoms with van der Waals surface area (Å²) in [6.45, 7) is 2.49. The van der Waals surface area contributed by atoms with Crippen LogP contribution in [-0.4, -0.2) is 47.1 Å². The fourth-order valence-electron chi connectivity index (χ4n) is 3.67. The molecule has 2 aromatic heterocycles. The molecule has 5 nitrogen and oxygen atoms in total. The molecule has 2 aromatic rings. The summed E-state index contributed by atoms with van der Waals surface area (Å²) >= 11 is 1.67. The van der Waals surface area contributed by atoms with Crippen LogP contribution in [0.15, 0.2) is 11.4 Å². The van der Waals surface area contributed by atoms with E-state index in [1.807, 2.05) is 7.05 Å². The van der Waals surface area contributed by atoms with E-state index in [1.165, 1.54) is 38.8 Å². The molecule has 0 saturated carbocycles. The molecular formula is C15H21N5S. The third-order valence-corrected chi connectivity index (χ3v) is 5.53. The van der Waals surface area contributed by atoms with Crippen molar-refractivity contribution in [3.05, 3.63) is 11.4 Å². The van der Waals surface area contributed by atoms with Crippen molar-refractivity contribution in [1.82, 2.24) is 14.9 Å². The van der Waals surface area contributed by atoms with Crippen LogP contribution in [0.1, 0.15) is 25.7 Å². The predicted molar refractivity (Wildman–Crippen MR) is 88.2 cm³/mol. The molecule has 2 saturated heterocycles. The number of thiophene rings is 1. The molecule has 0 spiro atoms. The van der Waals surface area contributed by atoms with Crippen LogP contribution in [0.3, 0.4) is 0 Å². The van der Waals surface area contributed by atoms with Crippen LogP contribution in [0.5, 0.6) is 0 Å². The molecule has 0 radical (unpaired) electrons. The van der Waals surface area contributed by atoms with Gasteiger partial charge in [0, 0.05) is 25.7 Å². The molecule has 2 aliphatic rings. The van der Waals surface area contributed by atoms with E-state index in [9.17, 15) is 0 Å². The van der Waals surface area contributed by atoms with Crippen LogP contribution in [0.25, 0.3) is 10.2 Å². The van der Waals surface area contributed by atoms with E-state index in [2.05, 4.69) is 36.9 Å². The Balaban J connectivity index is 1.63. The van der Waals surface area contributed by atoms with E-state index >= 15 is 0 Å². The highest BCUT2D eigenvalue weighted by molar-refractivity contribution is 7.16. The fraction of sp³-hybridized carbons (Fsp3) is 0.600. The number of nitrogens with zero attached hydrogens (tertiary/aromatic N) is 3. The number of anilines is 2. The topological polar surface area (TPSA) is 53.1 Å². The lowest BCUT2D eigenvalue weighted by molar-refractivity contribution is 0.192. The van der Waals surface area contributed by atoms with Gasteiger partial charge in [-0.25, -0.2) is 4.98 Å². The molecule has 2 unspecified atom stereocenters. The largest absolute Gasteiger partial charge is 0.365 e. The van der Waals surface area contributed by atoms with Crippen molar-refractivity contribution < 1.29 is 0 Å². The van der Waals surface area contributed by atoms with E-state index < -0.39 is 0 Å². The lowest BCUT2D eigenvalue weighted by Crippen LogP contribution is -2.41. The zero-order chi connectivity index (χ0) is 14.2. The van der Waals surface area contributed by atoms with Gasteiger partial charge < -0.3 is 10.6 Å². The van der Waals surface area contributed by atoms with Crippen LogP contribution in [0, 0.1) is 0 Å². The summed E-state index contributed by atoms with van der Waals surface area (Å²) in [7, 11) is 1.87. The standard InChI is InChI=1S/C15H21N5S/c1-16-15-18-13(10-6-9-21-14(10)19-15)17-11-5-8-20-7-3-2-4-12(11)20/h6,9,11-12H,2-5,7-8H2,1H3,(H2,16,17,18,19). The zero-order valence-electron chi connectivity index (χ0n) is 12.3. The third-order valence-electron chi connectivity index (χ3n) is 4.73. The van der Waals surface area contributed by atoms with E-state index in [1.54, 1.807) is 11.3 Å². The maximum absolute atomic E-state index is 4.65. The van der Waals surface area contributed by atoms with Gasteiger partial charge in [0.05, 0.1) is 5.39 Å². The summed E-state index contributed by atoms with van der Waals surface area (Å²) in [6, 6.07) is 3.32. The highest BCUT2D eigenvalue weighted by Crippen LogP contribution is 2.32. The van der Waals surface area contributed by atoms with Gasteiger partial charge in [0.2, 0.25) is 5.95 Å². The maximum Gasteiger partial charge on any atom is 0.225 e. The Morgan fingerprint density at radius 1 is 1.24 bits per heavy atom. The summed E-state index contributed by atoms with van der Waals surface area (Å²) in [5, 5.41) is 10.0. The summed E-state index contributed by atoms with van der Waals surface area (Å²) in [5.41, 5.74) is 0. The second kappa shape index (κ2) is 5.42. The predicted octanol–water partition coefficient (Wildman–Crippen LogP) is 2.77. The van der Waals surface area contributed by atoms with Crippen molar-refractivity contribution in [2.75, 3.05) is 30.8 Å². The van der Waals surface area contributed by atoms with Crippen LogP contribution in [0.4, 0.5) is 11.8 Å². The average molecular weight is 303 g/mol. The van der Waals surface area contributed by atoms with Gasteiger partial charge in [-0.05, 0) is 37.3 Å². The van der Waals surface area contributed by atoms with Crippen molar-refractivity contribution in [3.63, 3.8) is 0 Å². The molecule has 0 bridgehead atoms. The molecule has 2 fully saturated rings. The van der Waals surface area contributed by atoms with Gasteiger partial charge in [0.15, 0.2) is 0 Å². The SMILES string of the molecule is CNc1nc(NC2CCN3CCCCC23)c2ccsc2n1. The van der Waals surface area contributed by atoms with Crippen molar-refractivity contribution in [3.8, 4) is 0 Å². The highest BCUT2D eigenvalue weighted by atomic mass is 32.1. The second-order valence-corrected chi connectivity index (χ2v) is 6.82. The van der Waals surface area contributed by atoms with Crippen LogP contribution >= 0.6 is 11.3 Å². The summed E-state index contributed by atoms with van der Waals surface area (Å²) < 4.78 is 0. The van der Waals surface area contributed by atoms with Gasteiger partial charge in [0.25, 0.3) is 0 Å². The molecule has 6 heteroatoms. The zero-order valence-corrected chi connectivity index (χ0v) is 13.1. The Kier molecular flexibility index (Phi) is 3.43. The Bertz CT molecular complexity index is 640. The molecule has 2 aliphatic heterocycles. The van der Waals surface area contributed by atoms with E-state index in [0.29, 0.717) is 18.0 Å². The second-order valence-electron chi connectivity index (χ2n) is 5.92. The van der Waals surface area contributed by atoms with Crippen LogP contribution in [0.2, 0.25) is 0 Å². The maximum atomic E-state index is 4.65. The van der Waals surface area contributed by atoms with E-state index in [4.69, 9.17) is 0 Å². The number of piperidine rings is 1. The molecule has 2 N–H and O–H groups in total. The first-order valence-corrected chi connectivity index (χ1v) is 8.67. The Hall–Kier alpha value is -1.40. The number of hydrogen-bond donors (Lipinski definition) is 2. The fourth-order valence-corrected chi connectivity index (χ4v) is 4.43. The van der Waals surface area contributed by atoms with Crippen molar-refractivity contribution in [2.24, 2.45) is 0 Å². The first-order valence-electron chi connectivity index (χ1n) is 7.79. The highest BCUT2D eigenvalue weighted by Gasteiger charge is 2.35. The number of hydrogen-bond acceptors (Lipinski definition) is 6. The number of fused-ring (bicyclic) bond motifs is 2. The monoisotopic (exact) mass is 303 g/mol. The summed E-state index contributed by atoms with van der Waals surface area (Å²) in [6.07, 6.45) is 5.25. The number of nitrogens with one attached hydrogen (secondary N) is 2. The lowest BCUT2D eigenvalue weighted by Gasteiger charge is -2.32. The minimum atomic E-state index is 0.521. The van der Waals surface area contributed by atoms with Gasteiger partial charge in [-0.3, -0.25) is 4.90 Å². The van der Waals surface area contributed by atoms with Crippen LogP contribution < -0.4 is 10.6 Å². The van der Waals surface area contributed by atoms with E-state index in [0.717, 1.165) is 16.0 Å². The molecule has 4 heterocycles. The Morgan fingerprint density at radius 3 is 3.10 bits per heavy atom. The van der Waals surface area contributed by atoms with Crippen molar-refractivity contribution >= 4 is 33.3 Å². The van der Waals surface area contributed by atoms with Gasteiger partial charge in [-0.1, -0.05) is 6.42 Å². The minimum absolute atomic E-state index is 0.521. The first-order chi connectivity index (χ1) is 10.3. The molecule has 0 amide bonds. The Morgan fingerprint density at radius 2 is 2.19 bits per heavy atom. The first kappa shape index (κ1) is 13.3. The minimum Gasteiger partial charge on any atom is -0.365 e. The third kappa shape index (κ3) is 2.36. The molecule has 21 heavy (non-hydrogen) atoms. The molecule has 0 aliphatic carbocycles. The van der Waals surface area contributed by atoms with Gasteiger partial charge in [-0.2, -0.15) is 4.98 Å². The summed E-state index contributed by atoms with van der Waals surface area (Å²) in [4.78, 5) is 12.9. The van der Waals surface area contributed by atoms with Gasteiger partial charge in [0.1, 0.15) is 10.6 Å². The normalized spacial score (nSPS) is 26.0. The molecule has 112 valence electrons. The van der Waals surface area contributed by atoms with Gasteiger partial charge in [-0.15, -0.1) is 11.3 Å². The lowest BCUT2D eigenvalue weighted by atomic mass is 9.99. The molecular weight excluding hydrogens is 282 g/mol. The summed E-state index contributed by atoms with van der Waals surface area (Å²) in [5.74, 6) is 1.69. The van der Waals surface area contributed by atoms with Crippen LogP contribution in [-0.2, 0) is 0 Å². The average Bonchev–Trinajstić information content (AvgIpc) is 3.14. The Labute approximate surface area is 128 Å². The van der Waals surface area contributed by atoms with Crippen molar-refractivity contribution in [1.29, 1.82) is 0 Å². The quantitative estimate of drug-likeness (QED) is 0.913. The smallest absolute Gasteiger partial charge is 0.225 e. The van der Waals surface area contributed by atoms with Crippen molar-refractivity contribution in [2.45, 2.75) is 37.8 Å². The molecule has 4 rings (SSSR count). The molecule has 0 aromatic carbocycles. The number of rotatable bonds is 3. The van der Waals surface area contributed by atoms with Gasteiger partial charge >= 0.3 is 0 Å². The number of aromatic nitrogens is 2. The molecule has 2 atom stereocenters.